The first-order chi connectivity index (χ1) is 6.85. The normalized spacial score (nSPS) is 20.8. The number of likely N-dealkylation sites (tertiary alicyclic amines) is 1. The molecule has 1 aliphatic heterocycles. The molecule has 1 saturated heterocycles. The minimum atomic E-state index is -0.525. The van der Waals surface area contributed by atoms with Crippen LogP contribution in [-0.4, -0.2) is 41.5 Å². The quantitative estimate of drug-likeness (QED) is 0.727. The Morgan fingerprint density at radius 3 is 2.40 bits per heavy atom. The number of ether oxygens (including phenoxy) is 1. The van der Waals surface area contributed by atoms with Crippen LogP contribution in [0.1, 0.15) is 27.2 Å². The zero-order chi connectivity index (χ0) is 11.6. The second-order valence-corrected chi connectivity index (χ2v) is 4.65. The summed E-state index contributed by atoms with van der Waals surface area (Å²) in [5.41, 5.74) is 4.72. The molecule has 0 bridgehead atoms. The average molecular weight is 214 g/mol. The number of ketones is 1. The summed E-state index contributed by atoms with van der Waals surface area (Å²) in [6.07, 6.45) is 0.260. The molecule has 15 heavy (non-hydrogen) atoms. The summed E-state index contributed by atoms with van der Waals surface area (Å²) in [5.74, 6) is -0.105. The molecule has 1 aliphatic rings. The van der Waals surface area contributed by atoms with Crippen molar-refractivity contribution in [2.75, 3.05) is 13.1 Å². The molecule has 0 aromatic rings. The first-order valence-electron chi connectivity index (χ1n) is 5.07. The second kappa shape index (κ2) is 4.18. The Bertz CT molecular complexity index is 270. The van der Waals surface area contributed by atoms with Crippen LogP contribution in [0.4, 0.5) is 4.79 Å². The van der Waals surface area contributed by atoms with Crippen molar-refractivity contribution in [2.45, 2.75) is 38.8 Å². The molecule has 1 heterocycles. The van der Waals surface area contributed by atoms with E-state index in [9.17, 15) is 9.59 Å². The van der Waals surface area contributed by atoms with E-state index in [2.05, 4.69) is 0 Å². The number of nitrogens with two attached hydrogens (primary N) is 1. The van der Waals surface area contributed by atoms with Crippen LogP contribution in [0, 0.1) is 0 Å². The maximum absolute atomic E-state index is 11.6. The first kappa shape index (κ1) is 12.0. The molecule has 0 aliphatic carbocycles. The van der Waals surface area contributed by atoms with Crippen molar-refractivity contribution in [1.82, 2.24) is 4.90 Å². The summed E-state index contributed by atoms with van der Waals surface area (Å²) < 4.78 is 5.16. The number of Topliss-reactive ketones (excluding diaryl/α,β-unsaturated/α-hetero) is 1. The number of hydrogen-bond donors (Lipinski definition) is 1. The summed E-state index contributed by atoms with van der Waals surface area (Å²) in [4.78, 5) is 24.3. The van der Waals surface area contributed by atoms with Gasteiger partial charge in [-0.2, -0.15) is 0 Å². The lowest BCUT2D eigenvalue weighted by molar-refractivity contribution is -0.126. The molecule has 1 amide bonds. The smallest absolute Gasteiger partial charge is 0.410 e. The van der Waals surface area contributed by atoms with Gasteiger partial charge in [0.1, 0.15) is 5.60 Å². The molecule has 0 aromatic carbocycles. The molecule has 0 radical (unpaired) electrons. The van der Waals surface area contributed by atoms with Crippen molar-refractivity contribution in [1.29, 1.82) is 0 Å². The van der Waals surface area contributed by atoms with Gasteiger partial charge in [0.15, 0.2) is 5.78 Å². The van der Waals surface area contributed by atoms with Crippen LogP contribution in [0.15, 0.2) is 0 Å². The lowest BCUT2D eigenvalue weighted by Crippen LogP contribution is -2.57. The van der Waals surface area contributed by atoms with Gasteiger partial charge in [0.05, 0.1) is 12.6 Å². The van der Waals surface area contributed by atoms with Crippen LogP contribution in [0.3, 0.4) is 0 Å². The predicted molar refractivity (Wildman–Crippen MR) is 55.4 cm³/mol. The number of nitrogens with zero attached hydrogens (tertiary/aromatic N) is 1. The van der Waals surface area contributed by atoms with Crippen LogP contribution in [0.25, 0.3) is 0 Å². The molecule has 86 valence electrons. The van der Waals surface area contributed by atoms with Gasteiger partial charge in [0, 0.05) is 6.54 Å². The van der Waals surface area contributed by atoms with Gasteiger partial charge in [-0.05, 0) is 27.2 Å². The van der Waals surface area contributed by atoms with Crippen LogP contribution in [0.2, 0.25) is 0 Å². The molecule has 1 unspecified atom stereocenters. The standard InChI is InChI=1S/C10H18N2O3/c1-10(2,3)15-9(14)12-5-4-7(12)8(13)6-11/h7H,4-6,11H2,1-3H3. The van der Waals surface area contributed by atoms with Crippen molar-refractivity contribution in [2.24, 2.45) is 5.73 Å². The fraction of sp³-hybridized carbons (Fsp3) is 0.800. The van der Waals surface area contributed by atoms with E-state index in [0.717, 1.165) is 0 Å². The number of hydrogen-bond acceptors (Lipinski definition) is 4. The Labute approximate surface area is 89.6 Å². The highest BCUT2D eigenvalue weighted by atomic mass is 16.6. The minimum Gasteiger partial charge on any atom is -0.444 e. The molecule has 0 spiro atoms. The Morgan fingerprint density at radius 2 is 2.07 bits per heavy atom. The van der Waals surface area contributed by atoms with Crippen LogP contribution in [0.5, 0.6) is 0 Å². The Morgan fingerprint density at radius 1 is 1.47 bits per heavy atom. The Kier molecular flexibility index (Phi) is 3.34. The first-order valence-corrected chi connectivity index (χ1v) is 5.07. The largest absolute Gasteiger partial charge is 0.444 e. The van der Waals surface area contributed by atoms with E-state index in [1.165, 1.54) is 4.90 Å². The van der Waals surface area contributed by atoms with Gasteiger partial charge < -0.3 is 10.5 Å². The molecular formula is C10H18N2O3. The molecule has 5 nitrogen and oxygen atoms in total. The van der Waals surface area contributed by atoms with Crippen LogP contribution in [-0.2, 0) is 9.53 Å². The van der Waals surface area contributed by atoms with Crippen molar-refractivity contribution >= 4 is 11.9 Å². The van der Waals surface area contributed by atoms with Gasteiger partial charge in [-0.3, -0.25) is 9.69 Å². The summed E-state index contributed by atoms with van der Waals surface area (Å²) in [7, 11) is 0. The van der Waals surface area contributed by atoms with E-state index in [-0.39, 0.29) is 18.4 Å². The zero-order valence-corrected chi connectivity index (χ0v) is 9.45. The molecule has 1 rings (SSSR count). The van der Waals surface area contributed by atoms with Gasteiger partial charge in [0.2, 0.25) is 0 Å². The SMILES string of the molecule is CC(C)(C)OC(=O)N1CCC1C(=O)CN. The second-order valence-electron chi connectivity index (χ2n) is 4.65. The van der Waals surface area contributed by atoms with Crippen molar-refractivity contribution in [3.8, 4) is 0 Å². The van der Waals surface area contributed by atoms with Crippen LogP contribution < -0.4 is 5.73 Å². The monoisotopic (exact) mass is 214 g/mol. The van der Waals surface area contributed by atoms with Gasteiger partial charge in [0.25, 0.3) is 0 Å². The molecule has 2 N–H and O–H groups in total. The van der Waals surface area contributed by atoms with Crippen molar-refractivity contribution < 1.29 is 14.3 Å². The average Bonchev–Trinajstić information content (AvgIpc) is 1.97. The van der Waals surface area contributed by atoms with Crippen molar-refractivity contribution in [3.05, 3.63) is 0 Å². The minimum absolute atomic E-state index is 0.0238. The van der Waals surface area contributed by atoms with Crippen LogP contribution >= 0.6 is 0 Å². The number of carbonyl (C=O) groups excluding carboxylic acids is 2. The highest BCUT2D eigenvalue weighted by Crippen LogP contribution is 2.21. The third-order valence-corrected chi connectivity index (χ3v) is 2.22. The summed E-state index contributed by atoms with van der Waals surface area (Å²) >= 11 is 0. The van der Waals surface area contributed by atoms with Gasteiger partial charge in [-0.15, -0.1) is 0 Å². The number of rotatable bonds is 2. The number of amides is 1. The van der Waals surface area contributed by atoms with Gasteiger partial charge in [-0.25, -0.2) is 4.79 Å². The molecule has 1 fully saturated rings. The van der Waals surface area contributed by atoms with E-state index in [0.29, 0.717) is 13.0 Å². The maximum Gasteiger partial charge on any atom is 0.410 e. The Hall–Kier alpha value is -1.10. The summed E-state index contributed by atoms with van der Waals surface area (Å²) in [6.45, 7) is 5.94. The zero-order valence-electron chi connectivity index (χ0n) is 9.45. The van der Waals surface area contributed by atoms with E-state index in [4.69, 9.17) is 10.5 Å². The lowest BCUT2D eigenvalue weighted by Gasteiger charge is -2.40. The molecule has 1 atom stereocenters. The third-order valence-electron chi connectivity index (χ3n) is 2.22. The Balaban J connectivity index is 2.51. The van der Waals surface area contributed by atoms with E-state index >= 15 is 0 Å². The lowest BCUT2D eigenvalue weighted by atomic mass is 9.99. The van der Waals surface area contributed by atoms with Gasteiger partial charge in [-0.1, -0.05) is 0 Å². The predicted octanol–water partition coefficient (Wildman–Crippen LogP) is 0.524. The van der Waals surface area contributed by atoms with Gasteiger partial charge >= 0.3 is 6.09 Å². The molecule has 0 aromatic heterocycles. The van der Waals surface area contributed by atoms with Crippen molar-refractivity contribution in [3.63, 3.8) is 0 Å². The highest BCUT2D eigenvalue weighted by molar-refractivity contribution is 5.90. The summed E-state index contributed by atoms with van der Waals surface area (Å²) in [5, 5.41) is 0. The molecule has 5 heteroatoms. The third kappa shape index (κ3) is 2.92. The number of carbonyl (C=O) groups is 2. The highest BCUT2D eigenvalue weighted by Gasteiger charge is 2.38. The molecule has 0 saturated carbocycles. The molecular weight excluding hydrogens is 196 g/mol. The summed E-state index contributed by atoms with van der Waals surface area (Å²) in [6, 6.07) is -0.371. The maximum atomic E-state index is 11.6. The fourth-order valence-corrected chi connectivity index (χ4v) is 1.40. The van der Waals surface area contributed by atoms with E-state index < -0.39 is 11.7 Å². The topological polar surface area (TPSA) is 72.6 Å². The fourth-order valence-electron chi connectivity index (χ4n) is 1.40. The van der Waals surface area contributed by atoms with E-state index in [1.807, 2.05) is 0 Å². The van der Waals surface area contributed by atoms with E-state index in [1.54, 1.807) is 20.8 Å².